The quantitative estimate of drug-likeness (QED) is 0.710. The molecule has 0 spiro atoms. The van der Waals surface area contributed by atoms with E-state index >= 15 is 0 Å². The summed E-state index contributed by atoms with van der Waals surface area (Å²) in [5, 5.41) is -0.0908. The third kappa shape index (κ3) is 4.10. The number of halogens is 4. The first-order chi connectivity index (χ1) is 12.6. The number of rotatable bonds is 4. The van der Waals surface area contributed by atoms with E-state index in [1.165, 1.54) is 24.4 Å². The van der Waals surface area contributed by atoms with E-state index in [2.05, 4.69) is 4.98 Å². The minimum absolute atomic E-state index is 0.0908. The summed E-state index contributed by atoms with van der Waals surface area (Å²) in [5.41, 5.74) is 1.49. The van der Waals surface area contributed by atoms with Crippen LogP contribution in [0.15, 0.2) is 59.8 Å². The first-order valence-electron chi connectivity index (χ1n) is 7.93. The van der Waals surface area contributed by atoms with E-state index < -0.39 is 34.2 Å². The molecule has 1 atom stereocenters. The van der Waals surface area contributed by atoms with Crippen molar-refractivity contribution < 1.29 is 26.0 Å². The summed E-state index contributed by atoms with van der Waals surface area (Å²) in [6, 6.07) is 7.51. The number of aromatic nitrogens is 1. The summed E-state index contributed by atoms with van der Waals surface area (Å²) in [4.78, 5) is 3.92. The third-order valence-electron chi connectivity index (χ3n) is 4.18. The van der Waals surface area contributed by atoms with E-state index in [1.807, 2.05) is 0 Å². The minimum atomic E-state index is -4.44. The molecule has 2 aromatic rings. The van der Waals surface area contributed by atoms with Crippen LogP contribution in [0.4, 0.5) is 17.6 Å². The number of hydrogen-bond acceptors (Lipinski definition) is 3. The van der Waals surface area contributed by atoms with Crippen LogP contribution in [0.3, 0.4) is 0 Å². The maximum Gasteiger partial charge on any atom is 0.416 e. The van der Waals surface area contributed by atoms with Crippen LogP contribution in [0, 0.1) is 5.92 Å². The Hall–Kier alpha value is -2.48. The number of hydrogen-bond donors (Lipinski definition) is 0. The molecule has 3 nitrogen and oxygen atoms in total. The molecule has 27 heavy (non-hydrogen) atoms. The Morgan fingerprint density at radius 3 is 1.96 bits per heavy atom. The van der Waals surface area contributed by atoms with Crippen molar-refractivity contribution in [3.8, 4) is 0 Å². The Balaban J connectivity index is 1.98. The Bertz CT molecular complexity index is 1010. The summed E-state index contributed by atoms with van der Waals surface area (Å²) >= 11 is 0. The number of pyridine rings is 1. The summed E-state index contributed by atoms with van der Waals surface area (Å²) in [5.74, 6) is -0.508. The van der Waals surface area contributed by atoms with Crippen molar-refractivity contribution in [1.82, 2.24) is 4.98 Å². The molecule has 142 valence electrons. The highest BCUT2D eigenvalue weighted by Crippen LogP contribution is 2.39. The predicted molar refractivity (Wildman–Crippen MR) is 94.2 cm³/mol. The SMILES string of the molecule is CS(=O)(=O)c1ccc(C2=CC(CF)C=C2c2ccc(C(F)(F)F)cc2)cn1. The van der Waals surface area contributed by atoms with Gasteiger partial charge in [0.1, 0.15) is 0 Å². The van der Waals surface area contributed by atoms with Crippen molar-refractivity contribution in [1.29, 1.82) is 0 Å². The summed E-state index contributed by atoms with van der Waals surface area (Å²) < 4.78 is 74.5. The lowest BCUT2D eigenvalue weighted by Gasteiger charge is -2.12. The summed E-state index contributed by atoms with van der Waals surface area (Å²) in [6.45, 7) is -0.650. The molecule has 0 aliphatic heterocycles. The van der Waals surface area contributed by atoms with E-state index in [0.29, 0.717) is 22.3 Å². The van der Waals surface area contributed by atoms with Crippen molar-refractivity contribution in [3.05, 3.63) is 71.4 Å². The highest BCUT2D eigenvalue weighted by atomic mass is 32.2. The highest BCUT2D eigenvalue weighted by molar-refractivity contribution is 7.90. The van der Waals surface area contributed by atoms with Gasteiger partial charge in [-0.05, 0) is 41.0 Å². The molecule has 0 saturated carbocycles. The summed E-state index contributed by atoms with van der Waals surface area (Å²) in [7, 11) is -3.45. The fourth-order valence-electron chi connectivity index (χ4n) is 2.85. The van der Waals surface area contributed by atoms with Gasteiger partial charge in [-0.3, -0.25) is 4.39 Å². The van der Waals surface area contributed by atoms with Crippen LogP contribution in [-0.2, 0) is 16.0 Å². The zero-order valence-electron chi connectivity index (χ0n) is 14.2. The normalized spacial score (nSPS) is 17.6. The minimum Gasteiger partial charge on any atom is -0.250 e. The van der Waals surface area contributed by atoms with Gasteiger partial charge in [-0.25, -0.2) is 13.4 Å². The van der Waals surface area contributed by atoms with Crippen LogP contribution in [0.1, 0.15) is 16.7 Å². The number of nitrogens with zero attached hydrogens (tertiary/aromatic N) is 1. The van der Waals surface area contributed by atoms with Gasteiger partial charge < -0.3 is 0 Å². The van der Waals surface area contributed by atoms with E-state index in [9.17, 15) is 26.0 Å². The van der Waals surface area contributed by atoms with E-state index in [-0.39, 0.29) is 5.03 Å². The first kappa shape index (κ1) is 19.3. The zero-order chi connectivity index (χ0) is 19.8. The molecule has 1 aliphatic carbocycles. The summed E-state index contributed by atoms with van der Waals surface area (Å²) in [6.07, 6.45) is 1.26. The molecule has 0 bridgehead atoms. The molecule has 1 heterocycles. The molecule has 8 heteroatoms. The van der Waals surface area contributed by atoms with Gasteiger partial charge in [0.25, 0.3) is 0 Å². The van der Waals surface area contributed by atoms with Crippen LogP contribution in [0.2, 0.25) is 0 Å². The second-order valence-corrected chi connectivity index (χ2v) is 8.17. The van der Waals surface area contributed by atoms with Crippen molar-refractivity contribution in [3.63, 3.8) is 0 Å². The molecule has 0 radical (unpaired) electrons. The van der Waals surface area contributed by atoms with E-state index in [4.69, 9.17) is 0 Å². The Kier molecular flexibility index (Phi) is 4.94. The van der Waals surface area contributed by atoms with Gasteiger partial charge in [0.2, 0.25) is 0 Å². The van der Waals surface area contributed by atoms with Gasteiger partial charge in [0.05, 0.1) is 12.2 Å². The topological polar surface area (TPSA) is 47.0 Å². The lowest BCUT2D eigenvalue weighted by atomic mass is 9.95. The molecule has 0 N–H and O–H groups in total. The third-order valence-corrected chi connectivity index (χ3v) is 5.18. The number of sulfone groups is 1. The van der Waals surface area contributed by atoms with Gasteiger partial charge in [0.15, 0.2) is 14.9 Å². The van der Waals surface area contributed by atoms with Crippen LogP contribution in [0.5, 0.6) is 0 Å². The van der Waals surface area contributed by atoms with Crippen molar-refractivity contribution in [2.45, 2.75) is 11.2 Å². The lowest BCUT2D eigenvalue weighted by molar-refractivity contribution is -0.137. The molecule has 0 amide bonds. The van der Waals surface area contributed by atoms with Crippen LogP contribution >= 0.6 is 0 Å². The van der Waals surface area contributed by atoms with Gasteiger partial charge in [-0.15, -0.1) is 0 Å². The van der Waals surface area contributed by atoms with Gasteiger partial charge in [-0.2, -0.15) is 13.2 Å². The smallest absolute Gasteiger partial charge is 0.250 e. The Labute approximate surface area is 154 Å². The maximum absolute atomic E-state index is 13.2. The molecular formula is C19H15F4NO2S. The Morgan fingerprint density at radius 2 is 1.52 bits per heavy atom. The standard InChI is InChI=1S/C19H15F4NO2S/c1-27(25,26)18-7-4-14(11-24-18)17-9-12(10-20)8-16(17)13-2-5-15(6-3-13)19(21,22)23/h2-9,11-12H,10H2,1H3. The second-order valence-electron chi connectivity index (χ2n) is 6.21. The molecule has 1 aliphatic rings. The highest BCUT2D eigenvalue weighted by Gasteiger charge is 2.30. The van der Waals surface area contributed by atoms with Gasteiger partial charge in [0, 0.05) is 23.9 Å². The second kappa shape index (κ2) is 6.92. The molecule has 1 aromatic heterocycles. The molecule has 3 rings (SSSR count). The molecule has 0 fully saturated rings. The Morgan fingerprint density at radius 1 is 0.963 bits per heavy atom. The average Bonchev–Trinajstić information content (AvgIpc) is 3.05. The van der Waals surface area contributed by atoms with Crippen LogP contribution in [0.25, 0.3) is 11.1 Å². The lowest BCUT2D eigenvalue weighted by Crippen LogP contribution is -2.04. The monoisotopic (exact) mass is 397 g/mol. The fraction of sp³-hybridized carbons (Fsp3) is 0.211. The van der Waals surface area contributed by atoms with Crippen LogP contribution < -0.4 is 0 Å². The maximum atomic E-state index is 13.2. The number of benzene rings is 1. The fourth-order valence-corrected chi connectivity index (χ4v) is 3.41. The molecule has 0 saturated heterocycles. The van der Waals surface area contributed by atoms with Crippen molar-refractivity contribution in [2.24, 2.45) is 5.92 Å². The van der Waals surface area contributed by atoms with E-state index in [1.54, 1.807) is 18.2 Å². The van der Waals surface area contributed by atoms with Crippen LogP contribution in [-0.4, -0.2) is 26.3 Å². The van der Waals surface area contributed by atoms with Gasteiger partial charge in [-0.1, -0.05) is 24.3 Å². The molecular weight excluding hydrogens is 382 g/mol. The molecule has 1 aromatic carbocycles. The van der Waals surface area contributed by atoms with Gasteiger partial charge >= 0.3 is 6.18 Å². The largest absolute Gasteiger partial charge is 0.416 e. The van der Waals surface area contributed by atoms with Crippen molar-refractivity contribution in [2.75, 3.05) is 12.9 Å². The average molecular weight is 397 g/mol. The zero-order valence-corrected chi connectivity index (χ0v) is 15.0. The number of allylic oxidation sites excluding steroid dienone is 4. The van der Waals surface area contributed by atoms with E-state index in [0.717, 1.165) is 18.4 Å². The number of alkyl halides is 4. The van der Waals surface area contributed by atoms with Crippen molar-refractivity contribution >= 4 is 21.0 Å². The first-order valence-corrected chi connectivity index (χ1v) is 9.83. The predicted octanol–water partition coefficient (Wildman–Crippen LogP) is 4.57. The molecule has 1 unspecified atom stereocenters.